The summed E-state index contributed by atoms with van der Waals surface area (Å²) in [5.74, 6) is 4.86. The number of ether oxygens (including phenoxy) is 2. The van der Waals surface area contributed by atoms with Crippen LogP contribution in [0.2, 0.25) is 0 Å². The fourth-order valence-corrected chi connectivity index (χ4v) is 2.95. The fourth-order valence-electron chi connectivity index (χ4n) is 2.95. The molecular weight excluding hydrogens is 344 g/mol. The molecule has 0 fully saturated rings. The van der Waals surface area contributed by atoms with Crippen LogP contribution in [0.1, 0.15) is 25.3 Å². The van der Waals surface area contributed by atoms with E-state index in [4.69, 9.17) is 4.74 Å². The van der Waals surface area contributed by atoms with Crippen LogP contribution in [0.3, 0.4) is 0 Å². The molecule has 5 heteroatoms. The van der Waals surface area contributed by atoms with Gasteiger partial charge in [-0.05, 0) is 22.8 Å². The first-order chi connectivity index (χ1) is 13.0. The highest BCUT2D eigenvalue weighted by Crippen LogP contribution is 2.22. The SMILES string of the molecule is CC(=O)OC(CC#CCCc1ccc2ccccc2c1)C1=CC(=O)OC1O. The van der Waals surface area contributed by atoms with E-state index in [2.05, 4.69) is 46.9 Å². The van der Waals surface area contributed by atoms with Gasteiger partial charge in [0, 0.05) is 25.0 Å². The minimum Gasteiger partial charge on any atom is -0.457 e. The van der Waals surface area contributed by atoms with Gasteiger partial charge in [0.15, 0.2) is 0 Å². The summed E-state index contributed by atoms with van der Waals surface area (Å²) in [6.45, 7) is 1.27. The lowest BCUT2D eigenvalue weighted by Gasteiger charge is -2.17. The molecule has 2 atom stereocenters. The number of hydrogen-bond donors (Lipinski definition) is 1. The van der Waals surface area contributed by atoms with Gasteiger partial charge in [-0.15, -0.1) is 5.92 Å². The third kappa shape index (κ3) is 4.96. The van der Waals surface area contributed by atoms with E-state index in [1.54, 1.807) is 0 Å². The number of benzene rings is 2. The van der Waals surface area contributed by atoms with Crippen molar-refractivity contribution in [3.63, 3.8) is 0 Å². The second-order valence-electron chi connectivity index (χ2n) is 6.27. The van der Waals surface area contributed by atoms with E-state index >= 15 is 0 Å². The third-order valence-corrected chi connectivity index (χ3v) is 4.24. The monoisotopic (exact) mass is 364 g/mol. The molecule has 5 nitrogen and oxygen atoms in total. The number of aliphatic hydroxyl groups excluding tert-OH is 1. The first kappa shape index (κ1) is 18.7. The summed E-state index contributed by atoms with van der Waals surface area (Å²) in [6, 6.07) is 14.5. The lowest BCUT2D eigenvalue weighted by atomic mass is 10.0. The van der Waals surface area contributed by atoms with Crippen LogP contribution in [-0.2, 0) is 25.5 Å². The van der Waals surface area contributed by atoms with Gasteiger partial charge in [0.2, 0.25) is 6.29 Å². The molecule has 3 rings (SSSR count). The molecular formula is C22H20O5. The molecule has 0 saturated heterocycles. The highest BCUT2D eigenvalue weighted by molar-refractivity contribution is 5.86. The molecule has 2 unspecified atom stereocenters. The van der Waals surface area contributed by atoms with Crippen molar-refractivity contribution < 1.29 is 24.2 Å². The Morgan fingerprint density at radius 1 is 1.22 bits per heavy atom. The molecule has 1 heterocycles. The number of carbonyl (C=O) groups is 2. The molecule has 138 valence electrons. The van der Waals surface area contributed by atoms with E-state index in [0.717, 1.165) is 12.5 Å². The second-order valence-corrected chi connectivity index (χ2v) is 6.27. The Bertz CT molecular complexity index is 948. The first-order valence-corrected chi connectivity index (χ1v) is 8.74. The summed E-state index contributed by atoms with van der Waals surface area (Å²) in [6.07, 6.45) is 0.621. The van der Waals surface area contributed by atoms with Crippen molar-refractivity contribution in [2.45, 2.75) is 38.6 Å². The Morgan fingerprint density at radius 3 is 2.70 bits per heavy atom. The van der Waals surface area contributed by atoms with Gasteiger partial charge in [0.1, 0.15) is 6.10 Å². The molecule has 2 aromatic rings. The summed E-state index contributed by atoms with van der Waals surface area (Å²) >= 11 is 0. The van der Waals surface area contributed by atoms with E-state index in [9.17, 15) is 14.7 Å². The predicted molar refractivity (Wildman–Crippen MR) is 100 cm³/mol. The minimum atomic E-state index is -1.39. The van der Waals surface area contributed by atoms with Gasteiger partial charge in [-0.2, -0.15) is 0 Å². The van der Waals surface area contributed by atoms with E-state index < -0.39 is 24.3 Å². The maximum absolute atomic E-state index is 11.3. The van der Waals surface area contributed by atoms with Crippen molar-refractivity contribution in [2.75, 3.05) is 0 Å². The zero-order chi connectivity index (χ0) is 19.2. The maximum Gasteiger partial charge on any atom is 0.333 e. The lowest BCUT2D eigenvalue weighted by molar-refractivity contribution is -0.153. The van der Waals surface area contributed by atoms with Crippen molar-refractivity contribution in [1.29, 1.82) is 0 Å². The van der Waals surface area contributed by atoms with Gasteiger partial charge >= 0.3 is 11.9 Å². The molecule has 1 aliphatic heterocycles. The summed E-state index contributed by atoms with van der Waals surface area (Å²) < 4.78 is 9.81. The molecule has 0 amide bonds. The molecule has 2 aromatic carbocycles. The van der Waals surface area contributed by atoms with E-state index in [0.29, 0.717) is 6.42 Å². The molecule has 27 heavy (non-hydrogen) atoms. The van der Waals surface area contributed by atoms with Crippen LogP contribution in [0.4, 0.5) is 0 Å². The van der Waals surface area contributed by atoms with E-state index in [1.165, 1.54) is 23.3 Å². The Morgan fingerprint density at radius 2 is 2.00 bits per heavy atom. The summed E-state index contributed by atoms with van der Waals surface area (Å²) in [4.78, 5) is 22.5. The normalized spacial score (nSPS) is 16.9. The Kier molecular flexibility index (Phi) is 5.90. The number of fused-ring (bicyclic) bond motifs is 1. The van der Waals surface area contributed by atoms with E-state index in [-0.39, 0.29) is 12.0 Å². The minimum absolute atomic E-state index is 0.191. The summed E-state index contributed by atoms with van der Waals surface area (Å²) in [7, 11) is 0. The van der Waals surface area contributed by atoms with Crippen LogP contribution in [0.25, 0.3) is 10.8 Å². The summed E-state index contributed by atoms with van der Waals surface area (Å²) in [5.41, 5.74) is 1.42. The van der Waals surface area contributed by atoms with Gasteiger partial charge < -0.3 is 14.6 Å². The van der Waals surface area contributed by atoms with Crippen LogP contribution in [0, 0.1) is 11.8 Å². The Balaban J connectivity index is 1.59. The van der Waals surface area contributed by atoms with Crippen LogP contribution in [0.5, 0.6) is 0 Å². The number of cyclic esters (lactones) is 1. The van der Waals surface area contributed by atoms with E-state index in [1.807, 2.05) is 12.1 Å². The van der Waals surface area contributed by atoms with Crippen LogP contribution in [-0.4, -0.2) is 29.4 Å². The quantitative estimate of drug-likeness (QED) is 0.652. The van der Waals surface area contributed by atoms with Gasteiger partial charge in [0.05, 0.1) is 6.42 Å². The maximum atomic E-state index is 11.3. The average Bonchev–Trinajstić information content (AvgIpc) is 2.98. The molecule has 0 aliphatic carbocycles. The molecule has 1 aliphatic rings. The molecule has 1 N–H and O–H groups in total. The summed E-state index contributed by atoms with van der Waals surface area (Å²) in [5, 5.41) is 12.1. The molecule has 0 aromatic heterocycles. The van der Waals surface area contributed by atoms with Gasteiger partial charge in [-0.1, -0.05) is 48.4 Å². The van der Waals surface area contributed by atoms with Gasteiger partial charge in [0.25, 0.3) is 0 Å². The zero-order valence-corrected chi connectivity index (χ0v) is 15.0. The molecule has 0 radical (unpaired) electrons. The van der Waals surface area contributed by atoms with Gasteiger partial charge in [-0.25, -0.2) is 4.79 Å². The molecule has 0 saturated carbocycles. The smallest absolute Gasteiger partial charge is 0.333 e. The number of esters is 2. The number of rotatable bonds is 5. The van der Waals surface area contributed by atoms with Crippen molar-refractivity contribution in [2.24, 2.45) is 0 Å². The predicted octanol–water partition coefficient (Wildman–Crippen LogP) is 2.90. The van der Waals surface area contributed by atoms with Crippen molar-refractivity contribution in [1.82, 2.24) is 0 Å². The number of carbonyl (C=O) groups excluding carboxylic acids is 2. The topological polar surface area (TPSA) is 72.8 Å². The van der Waals surface area contributed by atoms with Crippen molar-refractivity contribution in [3.8, 4) is 11.8 Å². The highest BCUT2D eigenvalue weighted by atomic mass is 16.6. The highest BCUT2D eigenvalue weighted by Gasteiger charge is 2.31. The second kappa shape index (κ2) is 8.52. The Hall–Kier alpha value is -3.10. The Labute approximate surface area is 157 Å². The zero-order valence-electron chi connectivity index (χ0n) is 15.0. The molecule has 0 bridgehead atoms. The first-order valence-electron chi connectivity index (χ1n) is 8.74. The number of aliphatic hydroxyl groups is 1. The van der Waals surface area contributed by atoms with Crippen LogP contribution < -0.4 is 0 Å². The van der Waals surface area contributed by atoms with Crippen LogP contribution in [0.15, 0.2) is 54.1 Å². The third-order valence-electron chi connectivity index (χ3n) is 4.24. The number of hydrogen-bond acceptors (Lipinski definition) is 5. The van der Waals surface area contributed by atoms with Crippen molar-refractivity contribution in [3.05, 3.63) is 59.7 Å². The largest absolute Gasteiger partial charge is 0.457 e. The lowest BCUT2D eigenvalue weighted by Crippen LogP contribution is -2.25. The standard InChI is InChI=1S/C22H20O5/c1-15(23)26-20(19-14-21(24)27-22(19)25)10-4-2-3-7-16-11-12-17-8-5-6-9-18(17)13-16/h5-6,8-9,11-14,20,22,25H,3,7,10H2,1H3. The van der Waals surface area contributed by atoms with Crippen LogP contribution >= 0.6 is 0 Å². The molecule has 0 spiro atoms. The number of aryl methyl sites for hydroxylation is 1. The average molecular weight is 364 g/mol. The van der Waals surface area contributed by atoms with Crippen molar-refractivity contribution >= 4 is 22.7 Å². The van der Waals surface area contributed by atoms with Gasteiger partial charge in [-0.3, -0.25) is 4.79 Å². The fraction of sp³-hybridized carbons (Fsp3) is 0.273.